The highest BCUT2D eigenvalue weighted by Crippen LogP contribution is 2.26. The number of nitrogens with two attached hydrogens (primary N) is 1. The number of hydrogen-bond donors (Lipinski definition) is 3. The molecule has 7 heteroatoms. The maximum Gasteiger partial charge on any atom is 0.256 e. The minimum absolute atomic E-state index is 0.0274. The first-order valence-corrected chi connectivity index (χ1v) is 8.33. The van der Waals surface area contributed by atoms with Crippen LogP contribution in [-0.4, -0.2) is 21.8 Å². The number of amides is 2. The fourth-order valence-electron chi connectivity index (χ4n) is 2.98. The van der Waals surface area contributed by atoms with Gasteiger partial charge in [0.1, 0.15) is 0 Å². The van der Waals surface area contributed by atoms with Crippen LogP contribution in [-0.2, 0) is 4.79 Å². The summed E-state index contributed by atoms with van der Waals surface area (Å²) in [7, 11) is 0. The summed E-state index contributed by atoms with van der Waals surface area (Å²) < 4.78 is 0. The lowest BCUT2D eigenvalue weighted by atomic mass is 10.1. The highest BCUT2D eigenvalue weighted by molar-refractivity contribution is 6.06. The zero-order chi connectivity index (χ0) is 17.8. The molecule has 4 N–H and O–H groups in total. The van der Waals surface area contributed by atoms with Crippen molar-refractivity contribution in [1.29, 1.82) is 0 Å². The number of nitrogens with zero attached hydrogens (tertiary/aromatic N) is 2. The molecule has 1 heterocycles. The normalized spacial score (nSPS) is 14.3. The molecule has 1 aliphatic rings. The number of carbonyl (C=O) groups excluding carboxylic acids is 2. The number of anilines is 3. The molecule has 1 aromatic carbocycles. The summed E-state index contributed by atoms with van der Waals surface area (Å²) in [6.45, 7) is 1.84. The molecule has 0 radical (unpaired) electrons. The van der Waals surface area contributed by atoms with Gasteiger partial charge < -0.3 is 16.4 Å². The number of benzene rings is 1. The summed E-state index contributed by atoms with van der Waals surface area (Å²) in [6, 6.07) is 5.32. The highest BCUT2D eigenvalue weighted by atomic mass is 16.2. The van der Waals surface area contributed by atoms with E-state index in [1.165, 1.54) is 12.4 Å². The summed E-state index contributed by atoms with van der Waals surface area (Å²) in [4.78, 5) is 32.5. The first-order valence-electron chi connectivity index (χ1n) is 8.33. The van der Waals surface area contributed by atoms with E-state index in [1.807, 2.05) is 19.1 Å². The Balaban J connectivity index is 1.73. The second kappa shape index (κ2) is 7.29. The predicted octanol–water partition coefficient (Wildman–Crippen LogP) is 2.75. The second-order valence-corrected chi connectivity index (χ2v) is 6.28. The van der Waals surface area contributed by atoms with Gasteiger partial charge in [0.15, 0.2) is 0 Å². The summed E-state index contributed by atoms with van der Waals surface area (Å²) in [5, 5.41) is 5.65. The lowest BCUT2D eigenvalue weighted by molar-refractivity contribution is -0.119. The quantitative estimate of drug-likeness (QED) is 0.793. The minimum Gasteiger partial charge on any atom is -0.368 e. The smallest absolute Gasteiger partial charge is 0.256 e. The van der Waals surface area contributed by atoms with E-state index in [0.29, 0.717) is 16.9 Å². The summed E-state index contributed by atoms with van der Waals surface area (Å²) in [5.74, 6) is -0.0428. The van der Waals surface area contributed by atoms with Crippen molar-refractivity contribution in [2.45, 2.75) is 32.6 Å². The first kappa shape index (κ1) is 16.9. The third-order valence-electron chi connectivity index (χ3n) is 4.41. The molecule has 130 valence electrons. The number of rotatable bonds is 4. The van der Waals surface area contributed by atoms with Crippen LogP contribution in [0.5, 0.6) is 0 Å². The number of nitrogens with one attached hydrogen (secondary N) is 2. The molecule has 1 saturated carbocycles. The van der Waals surface area contributed by atoms with Crippen molar-refractivity contribution in [3.63, 3.8) is 0 Å². The van der Waals surface area contributed by atoms with Crippen LogP contribution in [0.25, 0.3) is 0 Å². The molecule has 2 aromatic rings. The van der Waals surface area contributed by atoms with Gasteiger partial charge in [0.25, 0.3) is 5.91 Å². The van der Waals surface area contributed by atoms with Crippen LogP contribution >= 0.6 is 0 Å². The van der Waals surface area contributed by atoms with Crippen molar-refractivity contribution in [1.82, 2.24) is 9.97 Å². The third kappa shape index (κ3) is 4.12. The standard InChI is InChI=1S/C18H21N5O2/c1-11-6-7-13(22-16(24)12-4-2-3-5-12)8-15(11)17(25)23-14-9-20-18(19)21-10-14/h6-10,12H,2-5H2,1H3,(H,22,24)(H,23,25)(H2,19,20,21). The molecule has 2 amide bonds. The van der Waals surface area contributed by atoms with Gasteiger partial charge in [0.05, 0.1) is 18.1 Å². The molecular formula is C18H21N5O2. The van der Waals surface area contributed by atoms with Crippen molar-refractivity contribution < 1.29 is 9.59 Å². The molecule has 0 aliphatic heterocycles. The monoisotopic (exact) mass is 339 g/mol. The van der Waals surface area contributed by atoms with Gasteiger partial charge in [-0.2, -0.15) is 0 Å². The number of nitrogen functional groups attached to an aromatic ring is 1. The van der Waals surface area contributed by atoms with Gasteiger partial charge in [-0.05, 0) is 37.5 Å². The third-order valence-corrected chi connectivity index (χ3v) is 4.41. The van der Waals surface area contributed by atoms with Crippen LogP contribution in [0.15, 0.2) is 30.6 Å². The first-order chi connectivity index (χ1) is 12.0. The van der Waals surface area contributed by atoms with Gasteiger partial charge in [-0.25, -0.2) is 9.97 Å². The highest BCUT2D eigenvalue weighted by Gasteiger charge is 2.23. The van der Waals surface area contributed by atoms with Gasteiger partial charge in [-0.1, -0.05) is 18.9 Å². The lowest BCUT2D eigenvalue weighted by Gasteiger charge is -2.13. The average Bonchev–Trinajstić information content (AvgIpc) is 3.13. The average molecular weight is 339 g/mol. The van der Waals surface area contributed by atoms with Crippen LogP contribution in [0.2, 0.25) is 0 Å². The lowest BCUT2D eigenvalue weighted by Crippen LogP contribution is -2.21. The Morgan fingerprint density at radius 2 is 1.76 bits per heavy atom. The van der Waals surface area contributed by atoms with Gasteiger partial charge in [-0.3, -0.25) is 9.59 Å². The van der Waals surface area contributed by atoms with Crippen molar-refractivity contribution >= 4 is 29.1 Å². The number of aromatic nitrogens is 2. The Morgan fingerprint density at radius 3 is 2.44 bits per heavy atom. The van der Waals surface area contributed by atoms with Crippen molar-refractivity contribution in [3.8, 4) is 0 Å². The molecule has 0 atom stereocenters. The van der Waals surface area contributed by atoms with Crippen molar-refractivity contribution in [2.75, 3.05) is 16.4 Å². The van der Waals surface area contributed by atoms with Gasteiger partial charge in [0, 0.05) is 17.2 Å². The van der Waals surface area contributed by atoms with E-state index in [9.17, 15) is 9.59 Å². The molecule has 0 bridgehead atoms. The summed E-state index contributed by atoms with van der Waals surface area (Å²) >= 11 is 0. The Morgan fingerprint density at radius 1 is 1.08 bits per heavy atom. The SMILES string of the molecule is Cc1ccc(NC(=O)C2CCCC2)cc1C(=O)Nc1cnc(N)nc1. The van der Waals surface area contributed by atoms with Crippen LogP contribution in [0.1, 0.15) is 41.6 Å². The molecule has 1 fully saturated rings. The number of aryl methyl sites for hydroxylation is 1. The van der Waals surface area contributed by atoms with E-state index in [0.717, 1.165) is 31.2 Å². The molecule has 0 saturated heterocycles. The number of carbonyl (C=O) groups is 2. The molecule has 7 nitrogen and oxygen atoms in total. The summed E-state index contributed by atoms with van der Waals surface area (Å²) in [6.07, 6.45) is 6.96. The Kier molecular flexibility index (Phi) is 4.92. The zero-order valence-corrected chi connectivity index (χ0v) is 14.1. The van der Waals surface area contributed by atoms with Gasteiger partial charge in [0.2, 0.25) is 11.9 Å². The van der Waals surface area contributed by atoms with E-state index in [1.54, 1.807) is 6.07 Å². The Bertz CT molecular complexity index is 783. The van der Waals surface area contributed by atoms with Crippen LogP contribution < -0.4 is 16.4 Å². The minimum atomic E-state index is -0.289. The number of hydrogen-bond acceptors (Lipinski definition) is 5. The van der Waals surface area contributed by atoms with Crippen LogP contribution in [0, 0.1) is 12.8 Å². The van der Waals surface area contributed by atoms with Crippen molar-refractivity contribution in [2.24, 2.45) is 5.92 Å². The molecule has 0 unspecified atom stereocenters. The summed E-state index contributed by atoms with van der Waals surface area (Å²) in [5.41, 5.74) is 7.82. The van der Waals surface area contributed by atoms with Crippen molar-refractivity contribution in [3.05, 3.63) is 41.7 Å². The molecule has 3 rings (SSSR count). The van der Waals surface area contributed by atoms with E-state index in [4.69, 9.17) is 5.73 Å². The van der Waals surface area contributed by atoms with Gasteiger partial charge in [-0.15, -0.1) is 0 Å². The zero-order valence-electron chi connectivity index (χ0n) is 14.1. The van der Waals surface area contributed by atoms with Crippen LogP contribution in [0.4, 0.5) is 17.3 Å². The molecule has 1 aromatic heterocycles. The largest absolute Gasteiger partial charge is 0.368 e. The maximum atomic E-state index is 12.5. The predicted molar refractivity (Wildman–Crippen MR) is 96.2 cm³/mol. The Hall–Kier alpha value is -2.96. The van der Waals surface area contributed by atoms with Crippen LogP contribution in [0.3, 0.4) is 0 Å². The molecular weight excluding hydrogens is 318 g/mol. The topological polar surface area (TPSA) is 110 Å². The van der Waals surface area contributed by atoms with E-state index < -0.39 is 0 Å². The van der Waals surface area contributed by atoms with E-state index in [-0.39, 0.29) is 23.7 Å². The van der Waals surface area contributed by atoms with E-state index >= 15 is 0 Å². The van der Waals surface area contributed by atoms with E-state index in [2.05, 4.69) is 20.6 Å². The van der Waals surface area contributed by atoms with Gasteiger partial charge >= 0.3 is 0 Å². The molecule has 1 aliphatic carbocycles. The maximum absolute atomic E-state index is 12.5. The Labute approximate surface area is 146 Å². The molecule has 0 spiro atoms. The molecule has 25 heavy (non-hydrogen) atoms. The fraction of sp³-hybridized carbons (Fsp3) is 0.333. The fourth-order valence-corrected chi connectivity index (χ4v) is 2.98. The second-order valence-electron chi connectivity index (χ2n) is 6.28.